The Kier molecular flexibility index (Phi) is 5.66. The van der Waals surface area contributed by atoms with E-state index in [1.807, 2.05) is 12.1 Å². The maximum Gasteiger partial charge on any atom is 0.251 e. The van der Waals surface area contributed by atoms with E-state index in [4.69, 9.17) is 5.73 Å². The van der Waals surface area contributed by atoms with E-state index in [0.717, 1.165) is 50.8 Å². The van der Waals surface area contributed by atoms with E-state index in [2.05, 4.69) is 10.2 Å². The summed E-state index contributed by atoms with van der Waals surface area (Å²) in [5, 5.41) is 2.59. The average Bonchev–Trinajstić information content (AvgIpc) is 3.26. The molecule has 1 aromatic carbocycles. The quantitative estimate of drug-likeness (QED) is 0.708. The van der Waals surface area contributed by atoms with Crippen molar-refractivity contribution >= 4 is 21.7 Å². The zero-order valence-corrected chi connectivity index (χ0v) is 18.3. The van der Waals surface area contributed by atoms with E-state index in [-0.39, 0.29) is 29.0 Å². The Balaban J connectivity index is 1.52. The maximum absolute atomic E-state index is 12.8. The smallest absolute Gasteiger partial charge is 0.251 e. The average molecular weight is 434 g/mol. The second-order valence-electron chi connectivity index (χ2n) is 9.09. The molecule has 1 heterocycles. The molecule has 8 heteroatoms. The Labute approximate surface area is 178 Å². The molecule has 2 saturated carbocycles. The molecule has 2 amide bonds. The number of primary amides is 1. The van der Waals surface area contributed by atoms with Crippen LogP contribution in [0.4, 0.5) is 0 Å². The highest BCUT2D eigenvalue weighted by Crippen LogP contribution is 2.55. The molecule has 4 unspecified atom stereocenters. The fourth-order valence-electron chi connectivity index (χ4n) is 5.47. The summed E-state index contributed by atoms with van der Waals surface area (Å²) < 4.78 is 24.6. The fraction of sp³-hybridized carbons (Fsp3) is 0.636. The standard InChI is InChI=1S/C22H31N3O4S/c1-30(28,29)19-14-22(19,25-12-4-5-13-25)16-10-8-15(9-11-16)21(27)24-18-7-3-2-6-17(18)20(23)26/h8-11,17-19H,2-7,12-14H2,1H3,(H2,23,26)(H,24,27). The minimum absolute atomic E-state index is 0.217. The van der Waals surface area contributed by atoms with Gasteiger partial charge in [-0.05, 0) is 62.9 Å². The first-order valence-corrected chi connectivity index (χ1v) is 12.8. The molecule has 0 bridgehead atoms. The molecule has 4 rings (SSSR count). The van der Waals surface area contributed by atoms with Crippen LogP contribution in [-0.2, 0) is 20.2 Å². The van der Waals surface area contributed by atoms with Gasteiger partial charge < -0.3 is 11.1 Å². The highest BCUT2D eigenvalue weighted by Gasteiger charge is 2.64. The lowest BCUT2D eigenvalue weighted by molar-refractivity contribution is -0.123. The zero-order chi connectivity index (χ0) is 21.5. The Morgan fingerprint density at radius 3 is 2.27 bits per heavy atom. The van der Waals surface area contributed by atoms with E-state index in [9.17, 15) is 18.0 Å². The summed E-state index contributed by atoms with van der Waals surface area (Å²) in [5.74, 6) is -0.892. The molecule has 164 valence electrons. The molecule has 1 saturated heterocycles. The van der Waals surface area contributed by atoms with Gasteiger partial charge in [-0.1, -0.05) is 25.0 Å². The van der Waals surface area contributed by atoms with Gasteiger partial charge in [-0.25, -0.2) is 8.42 Å². The summed E-state index contributed by atoms with van der Waals surface area (Å²) in [6.45, 7) is 1.81. The predicted molar refractivity (Wildman–Crippen MR) is 115 cm³/mol. The molecule has 0 radical (unpaired) electrons. The van der Waals surface area contributed by atoms with Crippen LogP contribution in [-0.4, -0.2) is 55.8 Å². The van der Waals surface area contributed by atoms with E-state index < -0.39 is 15.4 Å². The van der Waals surface area contributed by atoms with Gasteiger partial charge in [0, 0.05) is 17.9 Å². The van der Waals surface area contributed by atoms with Gasteiger partial charge in [0.2, 0.25) is 5.91 Å². The molecule has 0 spiro atoms. The summed E-state index contributed by atoms with van der Waals surface area (Å²) in [6, 6.07) is 7.10. The molecule has 30 heavy (non-hydrogen) atoms. The number of nitrogens with one attached hydrogen (secondary N) is 1. The molecule has 1 aromatic rings. The van der Waals surface area contributed by atoms with Crippen molar-refractivity contribution in [2.75, 3.05) is 19.3 Å². The highest BCUT2D eigenvalue weighted by atomic mass is 32.2. The molecule has 4 atom stereocenters. The number of benzene rings is 1. The molecule has 3 N–H and O–H groups in total. The van der Waals surface area contributed by atoms with Crippen LogP contribution in [0.25, 0.3) is 0 Å². The van der Waals surface area contributed by atoms with Crippen molar-refractivity contribution in [3.63, 3.8) is 0 Å². The van der Waals surface area contributed by atoms with Crippen LogP contribution in [0.3, 0.4) is 0 Å². The van der Waals surface area contributed by atoms with Gasteiger partial charge in [-0.2, -0.15) is 0 Å². The zero-order valence-electron chi connectivity index (χ0n) is 17.5. The number of nitrogens with two attached hydrogens (primary N) is 1. The first kappa shape index (κ1) is 21.3. The van der Waals surface area contributed by atoms with Gasteiger partial charge >= 0.3 is 0 Å². The first-order chi connectivity index (χ1) is 14.2. The van der Waals surface area contributed by atoms with Crippen molar-refractivity contribution in [1.29, 1.82) is 0 Å². The van der Waals surface area contributed by atoms with Gasteiger partial charge in [0.15, 0.2) is 9.84 Å². The SMILES string of the molecule is CS(=O)(=O)C1CC1(c1ccc(C(=O)NC2CCCCC2C(N)=O)cc1)N1CCCC1. The Morgan fingerprint density at radius 2 is 1.70 bits per heavy atom. The predicted octanol–water partition coefficient (Wildman–Crippen LogP) is 1.57. The van der Waals surface area contributed by atoms with E-state index in [0.29, 0.717) is 18.4 Å². The third-order valence-corrected chi connectivity index (χ3v) is 8.74. The van der Waals surface area contributed by atoms with Crippen LogP contribution in [0.2, 0.25) is 0 Å². The molecule has 3 aliphatic rings. The van der Waals surface area contributed by atoms with Crippen molar-refractivity contribution < 1.29 is 18.0 Å². The number of sulfone groups is 1. The number of carbonyl (C=O) groups excluding carboxylic acids is 2. The lowest BCUT2D eigenvalue weighted by Gasteiger charge is -2.30. The number of likely N-dealkylation sites (tertiary alicyclic amines) is 1. The number of rotatable bonds is 6. The number of hydrogen-bond donors (Lipinski definition) is 2. The Hall–Kier alpha value is -1.93. The number of hydrogen-bond acceptors (Lipinski definition) is 5. The summed E-state index contributed by atoms with van der Waals surface area (Å²) >= 11 is 0. The molecular weight excluding hydrogens is 402 g/mol. The Morgan fingerprint density at radius 1 is 1.07 bits per heavy atom. The van der Waals surface area contributed by atoms with Crippen molar-refractivity contribution in [1.82, 2.24) is 10.2 Å². The number of nitrogens with zero attached hydrogens (tertiary/aromatic N) is 1. The van der Waals surface area contributed by atoms with Crippen LogP contribution >= 0.6 is 0 Å². The molecule has 3 fully saturated rings. The lowest BCUT2D eigenvalue weighted by Crippen LogP contribution is -2.47. The largest absolute Gasteiger partial charge is 0.369 e. The summed E-state index contributed by atoms with van der Waals surface area (Å²) in [6.07, 6.45) is 7.49. The monoisotopic (exact) mass is 433 g/mol. The highest BCUT2D eigenvalue weighted by molar-refractivity contribution is 7.91. The second-order valence-corrected chi connectivity index (χ2v) is 11.3. The van der Waals surface area contributed by atoms with E-state index in [1.54, 1.807) is 12.1 Å². The topological polar surface area (TPSA) is 110 Å². The van der Waals surface area contributed by atoms with Gasteiger partial charge in [-0.15, -0.1) is 0 Å². The van der Waals surface area contributed by atoms with Gasteiger partial charge in [0.25, 0.3) is 5.91 Å². The van der Waals surface area contributed by atoms with Crippen molar-refractivity contribution in [2.45, 2.75) is 61.8 Å². The van der Waals surface area contributed by atoms with Crippen LogP contribution in [0.15, 0.2) is 24.3 Å². The molecule has 2 aliphatic carbocycles. The van der Waals surface area contributed by atoms with Crippen molar-refractivity contribution in [2.24, 2.45) is 11.7 Å². The second kappa shape index (κ2) is 7.96. The normalized spacial score (nSPS) is 32.0. The minimum Gasteiger partial charge on any atom is -0.369 e. The summed E-state index contributed by atoms with van der Waals surface area (Å²) in [5.41, 5.74) is 6.53. The molecular formula is C22H31N3O4S. The summed E-state index contributed by atoms with van der Waals surface area (Å²) in [7, 11) is -3.15. The third-order valence-electron chi connectivity index (χ3n) is 7.15. The van der Waals surface area contributed by atoms with Gasteiger partial charge in [0.1, 0.15) is 0 Å². The Bertz CT molecular complexity index is 924. The van der Waals surface area contributed by atoms with E-state index in [1.165, 1.54) is 6.26 Å². The lowest BCUT2D eigenvalue weighted by atomic mass is 9.84. The molecule has 1 aliphatic heterocycles. The number of carbonyl (C=O) groups is 2. The van der Waals surface area contributed by atoms with Gasteiger partial charge in [0.05, 0.1) is 16.7 Å². The van der Waals surface area contributed by atoms with Crippen LogP contribution in [0.1, 0.15) is 60.9 Å². The number of amides is 2. The van der Waals surface area contributed by atoms with E-state index >= 15 is 0 Å². The van der Waals surface area contributed by atoms with Gasteiger partial charge in [-0.3, -0.25) is 14.5 Å². The molecule has 7 nitrogen and oxygen atoms in total. The first-order valence-electron chi connectivity index (χ1n) is 10.9. The molecule has 0 aromatic heterocycles. The maximum atomic E-state index is 12.8. The minimum atomic E-state index is -3.15. The summed E-state index contributed by atoms with van der Waals surface area (Å²) in [4.78, 5) is 26.8. The van der Waals surface area contributed by atoms with Crippen molar-refractivity contribution in [3.05, 3.63) is 35.4 Å². The van der Waals surface area contributed by atoms with Crippen LogP contribution in [0.5, 0.6) is 0 Å². The fourth-order valence-corrected chi connectivity index (χ4v) is 7.02. The van der Waals surface area contributed by atoms with Crippen LogP contribution in [0, 0.1) is 5.92 Å². The van der Waals surface area contributed by atoms with Crippen molar-refractivity contribution in [3.8, 4) is 0 Å². The van der Waals surface area contributed by atoms with Crippen LogP contribution < -0.4 is 11.1 Å². The third kappa shape index (κ3) is 3.87.